The fourth-order valence-corrected chi connectivity index (χ4v) is 7.03. The molecule has 2 aliphatic heterocycles. The first-order chi connectivity index (χ1) is 25.2. The Balaban J connectivity index is 1.69. The van der Waals surface area contributed by atoms with E-state index in [0.717, 1.165) is 0 Å². The van der Waals surface area contributed by atoms with Gasteiger partial charge in [0.05, 0.1) is 19.0 Å². The molecule has 0 unspecified atom stereocenters. The van der Waals surface area contributed by atoms with Crippen LogP contribution >= 0.6 is 0 Å². The molecule has 0 saturated carbocycles. The zero-order chi connectivity index (χ0) is 38.7. The van der Waals surface area contributed by atoms with E-state index in [2.05, 4.69) is 10.6 Å². The number of carbonyl (C=O) groups is 7. The average molecular weight is 735 g/mol. The summed E-state index contributed by atoms with van der Waals surface area (Å²) >= 11 is 0. The van der Waals surface area contributed by atoms with E-state index in [-0.39, 0.29) is 64.4 Å². The zero-order valence-corrected chi connectivity index (χ0v) is 30.2. The molecule has 53 heavy (non-hydrogen) atoms. The van der Waals surface area contributed by atoms with Crippen molar-refractivity contribution in [2.45, 2.75) is 76.0 Å². The first-order valence-electron chi connectivity index (χ1n) is 18.0. The van der Waals surface area contributed by atoms with E-state index in [4.69, 9.17) is 5.73 Å². The predicted molar refractivity (Wildman–Crippen MR) is 193 cm³/mol. The Labute approximate surface area is 308 Å². The summed E-state index contributed by atoms with van der Waals surface area (Å²) in [6.07, 6.45) is -0.348. The van der Waals surface area contributed by atoms with Crippen molar-refractivity contribution in [1.29, 1.82) is 0 Å². The maximum atomic E-state index is 14.8. The highest BCUT2D eigenvalue weighted by atomic mass is 16.4. The molecular weight excluding hydrogens is 684 g/mol. The van der Waals surface area contributed by atoms with Gasteiger partial charge in [0.2, 0.25) is 17.7 Å². The molecule has 0 bridgehead atoms. The van der Waals surface area contributed by atoms with E-state index in [9.17, 15) is 43.8 Å². The van der Waals surface area contributed by atoms with Crippen LogP contribution in [0.1, 0.15) is 50.7 Å². The van der Waals surface area contributed by atoms with Gasteiger partial charge in [-0.15, -0.1) is 0 Å². The highest BCUT2D eigenvalue weighted by Gasteiger charge is 2.57. The number of nitrogens with one attached hydrogen (secondary N) is 2. The molecule has 2 aromatic carbocycles. The Kier molecular flexibility index (Phi) is 14.2. The number of amides is 4. The van der Waals surface area contributed by atoms with Gasteiger partial charge in [-0.1, -0.05) is 74.5 Å². The van der Waals surface area contributed by atoms with Crippen molar-refractivity contribution < 1.29 is 43.8 Å². The molecule has 0 aliphatic carbocycles. The second-order valence-corrected chi connectivity index (χ2v) is 14.1. The van der Waals surface area contributed by atoms with Crippen molar-refractivity contribution in [2.24, 2.45) is 11.7 Å². The van der Waals surface area contributed by atoms with Gasteiger partial charge >= 0.3 is 11.9 Å². The summed E-state index contributed by atoms with van der Waals surface area (Å²) in [4.78, 5) is 98.3. The summed E-state index contributed by atoms with van der Waals surface area (Å²) in [6, 6.07) is 13.7. The third-order valence-electron chi connectivity index (χ3n) is 9.66. The molecule has 286 valence electrons. The molecule has 4 atom stereocenters. The van der Waals surface area contributed by atoms with Crippen molar-refractivity contribution in [3.8, 4) is 0 Å². The first kappa shape index (κ1) is 40.6. The lowest BCUT2D eigenvalue weighted by Gasteiger charge is -2.43. The summed E-state index contributed by atoms with van der Waals surface area (Å²) < 4.78 is 0. The number of likely N-dealkylation sites (tertiary alicyclic amines) is 1. The largest absolute Gasteiger partial charge is 0.481 e. The van der Waals surface area contributed by atoms with Gasteiger partial charge < -0.3 is 36.4 Å². The summed E-state index contributed by atoms with van der Waals surface area (Å²) in [5, 5.41) is 24.0. The van der Waals surface area contributed by atoms with E-state index in [1.54, 1.807) is 65.6 Å². The summed E-state index contributed by atoms with van der Waals surface area (Å²) in [5.74, 6) is -5.74. The number of nitrogens with two attached hydrogens (primary N) is 1. The number of carboxylic acids is 2. The lowest BCUT2D eigenvalue weighted by Crippen LogP contribution is -2.67. The molecule has 0 radical (unpaired) electrons. The van der Waals surface area contributed by atoms with Gasteiger partial charge in [-0.25, -0.2) is 0 Å². The predicted octanol–water partition coefficient (Wildman–Crippen LogP) is 0.449. The fourth-order valence-electron chi connectivity index (χ4n) is 7.03. The van der Waals surface area contributed by atoms with Gasteiger partial charge in [0.1, 0.15) is 12.1 Å². The van der Waals surface area contributed by atoms with Crippen LogP contribution in [-0.4, -0.2) is 129 Å². The summed E-state index contributed by atoms with van der Waals surface area (Å²) in [6.45, 7) is 4.38. The normalized spacial score (nSPS) is 19.2. The van der Waals surface area contributed by atoms with E-state index in [0.29, 0.717) is 24.0 Å². The fraction of sp³-hybridized carbons (Fsp3) is 0.500. The molecule has 15 nitrogen and oxygen atoms in total. The number of aliphatic carboxylic acids is 2. The molecule has 2 saturated heterocycles. The lowest BCUT2D eigenvalue weighted by molar-refractivity contribution is -0.159. The van der Waals surface area contributed by atoms with Crippen LogP contribution in [0.3, 0.4) is 0 Å². The summed E-state index contributed by atoms with van der Waals surface area (Å²) in [7, 11) is 0. The van der Waals surface area contributed by atoms with Crippen molar-refractivity contribution >= 4 is 41.4 Å². The maximum absolute atomic E-state index is 14.8. The van der Waals surface area contributed by atoms with Crippen LogP contribution in [0, 0.1) is 5.92 Å². The van der Waals surface area contributed by atoms with E-state index < -0.39 is 71.4 Å². The number of carboxylic acid groups (broad SMARTS) is 2. The number of Topliss-reactive ketones (excluding diaryl/α,β-unsaturated/α-hetero) is 1. The van der Waals surface area contributed by atoms with Gasteiger partial charge in [0.15, 0.2) is 11.3 Å². The van der Waals surface area contributed by atoms with E-state index in [1.165, 1.54) is 9.80 Å². The highest BCUT2D eigenvalue weighted by molar-refractivity contribution is 6.14. The van der Waals surface area contributed by atoms with Crippen molar-refractivity contribution in [1.82, 2.24) is 25.3 Å². The Hall–Kier alpha value is -5.15. The van der Waals surface area contributed by atoms with Crippen LogP contribution in [0.15, 0.2) is 60.7 Å². The summed E-state index contributed by atoms with van der Waals surface area (Å²) in [5.41, 5.74) is 5.39. The SMILES string of the molecule is CC(C)C[C@H](N)C(=O)N[C@@H](CC(=O)O)C(=O)N[C@@H](Cc1ccccc1)C(=O)N1CCC[C@@]1(C(=O)Cc1ccccc1)C(=O)N1CCN(CC(=O)O)CC1. The topological polar surface area (TPSA) is 220 Å². The van der Waals surface area contributed by atoms with Crippen LogP contribution in [0.4, 0.5) is 0 Å². The Bertz CT molecular complexity index is 1630. The average Bonchev–Trinajstić information content (AvgIpc) is 3.57. The van der Waals surface area contributed by atoms with Crippen LogP contribution < -0.4 is 16.4 Å². The first-order valence-corrected chi connectivity index (χ1v) is 18.0. The number of piperazine rings is 1. The van der Waals surface area contributed by atoms with Gasteiger partial charge in [-0.3, -0.25) is 38.5 Å². The Morgan fingerprint density at radius 2 is 1.36 bits per heavy atom. The number of nitrogens with zero attached hydrogens (tertiary/aromatic N) is 3. The maximum Gasteiger partial charge on any atom is 0.317 e. The molecule has 2 aliphatic rings. The molecule has 0 aromatic heterocycles. The van der Waals surface area contributed by atoms with E-state index >= 15 is 0 Å². The van der Waals surface area contributed by atoms with Gasteiger partial charge in [0.25, 0.3) is 5.91 Å². The minimum atomic E-state index is -1.92. The van der Waals surface area contributed by atoms with Gasteiger partial charge in [-0.05, 0) is 36.3 Å². The standard InChI is InChI=1S/C38H50N6O9/c1-25(2)20-28(39)34(50)40-29(23-32(46)47)35(51)41-30(21-26-10-5-3-6-11-26)36(52)44-15-9-14-38(44,31(45)22-27-12-7-4-8-13-27)37(53)43-18-16-42(17-19-43)24-33(48)49/h3-8,10-13,25,28-30H,9,14-24,39H2,1-2H3,(H,40,50)(H,41,51)(H,46,47)(H,48,49)/t28-,29-,30-,38+/m0/s1. The number of rotatable bonds is 17. The Morgan fingerprint density at radius 1 is 0.774 bits per heavy atom. The van der Waals surface area contributed by atoms with Crippen molar-refractivity contribution in [3.05, 3.63) is 71.8 Å². The zero-order valence-electron chi connectivity index (χ0n) is 30.2. The molecule has 0 spiro atoms. The quantitative estimate of drug-likeness (QED) is 0.141. The van der Waals surface area contributed by atoms with Crippen LogP contribution in [-0.2, 0) is 46.4 Å². The molecule has 15 heteroatoms. The second kappa shape index (κ2) is 18.6. The third kappa shape index (κ3) is 10.7. The molecule has 2 fully saturated rings. The monoisotopic (exact) mass is 734 g/mol. The van der Waals surface area contributed by atoms with E-state index in [1.807, 2.05) is 13.8 Å². The number of hydrogen-bond acceptors (Lipinski definition) is 9. The van der Waals surface area contributed by atoms with Crippen LogP contribution in [0.5, 0.6) is 0 Å². The molecule has 4 amide bonds. The smallest absolute Gasteiger partial charge is 0.317 e. The minimum Gasteiger partial charge on any atom is -0.481 e. The second-order valence-electron chi connectivity index (χ2n) is 14.1. The van der Waals surface area contributed by atoms with Gasteiger partial charge in [-0.2, -0.15) is 0 Å². The third-order valence-corrected chi connectivity index (χ3v) is 9.66. The molecule has 4 rings (SSSR count). The number of hydrogen-bond donors (Lipinski definition) is 5. The molecule has 6 N–H and O–H groups in total. The molecular formula is C38H50N6O9. The molecule has 2 heterocycles. The van der Waals surface area contributed by atoms with Crippen LogP contribution in [0.2, 0.25) is 0 Å². The van der Waals surface area contributed by atoms with Gasteiger partial charge in [0, 0.05) is 45.6 Å². The number of ketones is 1. The Morgan fingerprint density at radius 3 is 1.92 bits per heavy atom. The highest BCUT2D eigenvalue weighted by Crippen LogP contribution is 2.35. The van der Waals surface area contributed by atoms with Crippen molar-refractivity contribution in [2.75, 3.05) is 39.3 Å². The van der Waals surface area contributed by atoms with Crippen molar-refractivity contribution in [3.63, 3.8) is 0 Å². The van der Waals surface area contributed by atoms with Crippen LogP contribution in [0.25, 0.3) is 0 Å². The molecule has 2 aromatic rings. The number of benzene rings is 2. The number of carbonyl (C=O) groups excluding carboxylic acids is 5. The lowest BCUT2D eigenvalue weighted by atomic mass is 9.84. The minimum absolute atomic E-state index is 0.0323.